The Morgan fingerprint density at radius 2 is 1.42 bits per heavy atom. The first kappa shape index (κ1) is 26.1. The minimum absolute atomic E-state index is 0.0534. The summed E-state index contributed by atoms with van der Waals surface area (Å²) in [5.74, 6) is -1.97. The summed E-state index contributed by atoms with van der Waals surface area (Å²) >= 11 is 0. The topological polar surface area (TPSA) is 131 Å². The molecule has 0 spiro atoms. The molecule has 1 atom stereocenters. The van der Waals surface area contributed by atoms with E-state index in [9.17, 15) is 30.0 Å². The molecule has 0 heterocycles. The van der Waals surface area contributed by atoms with E-state index in [4.69, 9.17) is 4.74 Å². The van der Waals surface area contributed by atoms with Crippen molar-refractivity contribution in [1.29, 1.82) is 0 Å². The van der Waals surface area contributed by atoms with Crippen molar-refractivity contribution >= 4 is 11.9 Å². The van der Waals surface area contributed by atoms with Crippen molar-refractivity contribution in [2.24, 2.45) is 0 Å². The zero-order chi connectivity index (χ0) is 24.2. The molecule has 33 heavy (non-hydrogen) atoms. The summed E-state index contributed by atoms with van der Waals surface area (Å²) in [4.78, 5) is 26.5. The lowest BCUT2D eigenvalue weighted by molar-refractivity contribution is -0.141. The van der Waals surface area contributed by atoms with Gasteiger partial charge in [0.2, 0.25) is 0 Å². The number of ether oxygens (including phenoxy) is 1. The summed E-state index contributed by atoms with van der Waals surface area (Å²) in [5, 5.41) is 39.3. The van der Waals surface area contributed by atoms with Gasteiger partial charge in [0.25, 0.3) is 0 Å². The van der Waals surface area contributed by atoms with Crippen LogP contribution in [0.3, 0.4) is 0 Å². The van der Waals surface area contributed by atoms with Gasteiger partial charge in [-0.2, -0.15) is 0 Å². The van der Waals surface area contributed by atoms with E-state index >= 15 is 0 Å². The molecule has 9 heteroatoms. The summed E-state index contributed by atoms with van der Waals surface area (Å²) in [5.41, 5.74) is 1.13. The lowest BCUT2D eigenvalue weighted by Gasteiger charge is -2.34. The maximum absolute atomic E-state index is 11.6. The van der Waals surface area contributed by atoms with E-state index < -0.39 is 18.0 Å². The highest BCUT2D eigenvalue weighted by molar-refractivity contribution is 5.69. The fraction of sp³-hybridized carbons (Fsp3) is 0.417. The van der Waals surface area contributed by atoms with Crippen LogP contribution in [0.1, 0.15) is 24.5 Å². The zero-order valence-corrected chi connectivity index (χ0v) is 18.8. The Balaban J connectivity index is 2.30. The summed E-state index contributed by atoms with van der Waals surface area (Å²) in [6, 6.07) is 12.9. The van der Waals surface area contributed by atoms with Crippen LogP contribution in [0.4, 0.5) is 0 Å². The first-order chi connectivity index (χ1) is 15.8. The Labute approximate surface area is 193 Å². The monoisotopic (exact) mass is 460 g/mol. The van der Waals surface area contributed by atoms with Crippen LogP contribution in [0.15, 0.2) is 48.5 Å². The lowest BCUT2D eigenvalue weighted by atomic mass is 10.1. The Hall–Kier alpha value is -3.14. The Bertz CT molecular complexity index is 906. The minimum atomic E-state index is -1.04. The van der Waals surface area contributed by atoms with Gasteiger partial charge in [0.1, 0.15) is 11.5 Å². The van der Waals surface area contributed by atoms with E-state index in [1.807, 2.05) is 6.92 Å². The van der Waals surface area contributed by atoms with Gasteiger partial charge in [-0.25, -0.2) is 0 Å². The average molecular weight is 461 g/mol. The first-order valence-corrected chi connectivity index (χ1v) is 10.8. The number of phenolic OH excluding ortho intramolecular Hbond substituents is 2. The smallest absolute Gasteiger partial charge is 0.317 e. The minimum Gasteiger partial charge on any atom is -0.508 e. The van der Waals surface area contributed by atoms with Crippen LogP contribution in [0, 0.1) is 0 Å². The molecule has 0 aromatic heterocycles. The van der Waals surface area contributed by atoms with E-state index in [0.29, 0.717) is 17.7 Å². The largest absolute Gasteiger partial charge is 0.508 e. The summed E-state index contributed by atoms with van der Waals surface area (Å²) in [6.07, 6.45) is 0.780. The maximum atomic E-state index is 11.6. The summed E-state index contributed by atoms with van der Waals surface area (Å²) in [7, 11) is 0. The molecule has 0 saturated heterocycles. The molecule has 0 aliphatic rings. The molecule has 2 aromatic rings. The molecule has 2 aromatic carbocycles. The van der Waals surface area contributed by atoms with E-state index in [1.165, 1.54) is 12.1 Å². The van der Waals surface area contributed by atoms with Crippen molar-refractivity contribution in [2.45, 2.75) is 32.5 Å². The van der Waals surface area contributed by atoms with E-state index in [-0.39, 0.29) is 50.8 Å². The van der Waals surface area contributed by atoms with Crippen LogP contribution in [-0.2, 0) is 27.4 Å². The van der Waals surface area contributed by atoms with Crippen molar-refractivity contribution in [3.8, 4) is 11.5 Å². The third kappa shape index (κ3) is 9.09. The standard InChI is InChI=1S/C24H32N2O7/c1-2-11-33-17-20(26(16-24(31)32)13-19-8-4-6-10-22(19)28)14-25(15-23(29)30)12-18-7-3-5-9-21(18)27/h3-10,20,27-28H,2,11-17H2,1H3,(H,29,30)(H,31,32). The molecule has 0 bridgehead atoms. The quantitative estimate of drug-likeness (QED) is 0.296. The molecule has 0 saturated carbocycles. The second-order valence-corrected chi connectivity index (χ2v) is 7.85. The van der Waals surface area contributed by atoms with Gasteiger partial charge < -0.3 is 25.2 Å². The number of benzene rings is 2. The number of rotatable bonds is 15. The Morgan fingerprint density at radius 3 is 1.94 bits per heavy atom. The van der Waals surface area contributed by atoms with Crippen molar-refractivity contribution in [1.82, 2.24) is 9.80 Å². The summed E-state index contributed by atoms with van der Waals surface area (Å²) < 4.78 is 5.73. The van der Waals surface area contributed by atoms with Crippen LogP contribution >= 0.6 is 0 Å². The van der Waals surface area contributed by atoms with Gasteiger partial charge in [-0.05, 0) is 18.6 Å². The highest BCUT2D eigenvalue weighted by Gasteiger charge is 2.26. The third-order valence-electron chi connectivity index (χ3n) is 5.09. The van der Waals surface area contributed by atoms with Gasteiger partial charge in [-0.1, -0.05) is 43.3 Å². The van der Waals surface area contributed by atoms with E-state index in [0.717, 1.165) is 6.42 Å². The van der Waals surface area contributed by atoms with Crippen LogP contribution in [0.2, 0.25) is 0 Å². The van der Waals surface area contributed by atoms with Gasteiger partial charge in [0.05, 0.1) is 19.7 Å². The van der Waals surface area contributed by atoms with Crippen molar-refractivity contribution in [3.63, 3.8) is 0 Å². The first-order valence-electron chi connectivity index (χ1n) is 10.8. The van der Waals surface area contributed by atoms with Crippen molar-refractivity contribution in [2.75, 3.05) is 32.8 Å². The number of nitrogens with zero attached hydrogens (tertiary/aromatic N) is 2. The Morgan fingerprint density at radius 1 is 0.879 bits per heavy atom. The molecule has 4 N–H and O–H groups in total. The van der Waals surface area contributed by atoms with Gasteiger partial charge in [-0.3, -0.25) is 19.4 Å². The fourth-order valence-electron chi connectivity index (χ4n) is 3.55. The highest BCUT2D eigenvalue weighted by Crippen LogP contribution is 2.21. The predicted molar refractivity (Wildman–Crippen MR) is 122 cm³/mol. The number of aromatic hydroxyl groups is 2. The molecule has 0 fully saturated rings. The number of phenols is 2. The molecule has 9 nitrogen and oxygen atoms in total. The number of hydrogen-bond donors (Lipinski definition) is 4. The highest BCUT2D eigenvalue weighted by atomic mass is 16.5. The number of hydrogen-bond acceptors (Lipinski definition) is 7. The zero-order valence-electron chi connectivity index (χ0n) is 18.8. The van der Waals surface area contributed by atoms with Crippen molar-refractivity contribution in [3.05, 3.63) is 59.7 Å². The van der Waals surface area contributed by atoms with Gasteiger partial charge >= 0.3 is 11.9 Å². The molecule has 0 aliphatic carbocycles. The van der Waals surface area contributed by atoms with Crippen LogP contribution in [0.25, 0.3) is 0 Å². The molecule has 1 unspecified atom stereocenters. The third-order valence-corrected chi connectivity index (χ3v) is 5.09. The molecule has 180 valence electrons. The number of carbonyl (C=O) groups is 2. The maximum Gasteiger partial charge on any atom is 0.317 e. The average Bonchev–Trinajstić information content (AvgIpc) is 2.75. The molecule has 2 rings (SSSR count). The second kappa shape index (κ2) is 13.4. The van der Waals surface area contributed by atoms with Crippen molar-refractivity contribution < 1.29 is 34.8 Å². The molecular formula is C24H32N2O7. The van der Waals surface area contributed by atoms with E-state index in [1.54, 1.807) is 46.2 Å². The number of para-hydroxylation sites is 2. The normalized spacial score (nSPS) is 12.2. The number of carboxylic acid groups (broad SMARTS) is 2. The van der Waals surface area contributed by atoms with E-state index in [2.05, 4.69) is 0 Å². The second-order valence-electron chi connectivity index (χ2n) is 7.85. The van der Waals surface area contributed by atoms with Gasteiger partial charge in [0, 0.05) is 43.4 Å². The number of carboxylic acids is 2. The molecule has 0 amide bonds. The van der Waals surface area contributed by atoms with Gasteiger partial charge in [-0.15, -0.1) is 0 Å². The van der Waals surface area contributed by atoms with Gasteiger partial charge in [0.15, 0.2) is 0 Å². The van der Waals surface area contributed by atoms with Crippen LogP contribution in [-0.4, -0.2) is 81.1 Å². The SMILES string of the molecule is CCCOCC(CN(CC(=O)O)Cc1ccccc1O)N(CC(=O)O)Cc1ccccc1O. The molecular weight excluding hydrogens is 428 g/mol. The molecule has 0 radical (unpaired) electrons. The predicted octanol–water partition coefficient (Wildman–Crippen LogP) is 2.37. The van der Waals surface area contributed by atoms with Crippen LogP contribution in [0.5, 0.6) is 11.5 Å². The molecule has 0 aliphatic heterocycles. The Kier molecular flexibility index (Phi) is 10.6. The lowest BCUT2D eigenvalue weighted by Crippen LogP contribution is -2.49. The summed E-state index contributed by atoms with van der Waals surface area (Å²) in [6.45, 7) is 2.52. The van der Waals surface area contributed by atoms with Crippen LogP contribution < -0.4 is 0 Å². The fourth-order valence-corrected chi connectivity index (χ4v) is 3.55. The number of aliphatic carboxylic acids is 2.